The number of benzene rings is 1. The monoisotopic (exact) mass is 430 g/mol. The summed E-state index contributed by atoms with van der Waals surface area (Å²) in [6, 6.07) is 8.33. The summed E-state index contributed by atoms with van der Waals surface area (Å²) in [5, 5.41) is 11.4. The quantitative estimate of drug-likeness (QED) is 0.319. The van der Waals surface area contributed by atoms with E-state index in [0.717, 1.165) is 61.3 Å². The van der Waals surface area contributed by atoms with Gasteiger partial charge in [-0.15, -0.1) is 0 Å². The van der Waals surface area contributed by atoms with E-state index >= 15 is 0 Å². The number of aromatic nitrogens is 3. The van der Waals surface area contributed by atoms with E-state index < -0.39 is 0 Å². The molecule has 9 heteroatoms. The van der Waals surface area contributed by atoms with Gasteiger partial charge in [0.2, 0.25) is 0 Å². The molecule has 0 bridgehead atoms. The van der Waals surface area contributed by atoms with E-state index in [0.29, 0.717) is 26.4 Å². The maximum absolute atomic E-state index is 5.79. The van der Waals surface area contributed by atoms with Crippen LogP contribution < -0.4 is 15.4 Å². The first-order valence-electron chi connectivity index (χ1n) is 10.9. The first-order chi connectivity index (χ1) is 15.2. The summed E-state index contributed by atoms with van der Waals surface area (Å²) in [6.45, 7) is 5.99. The highest BCUT2D eigenvalue weighted by Gasteiger charge is 2.22. The molecular formula is C22H34N6O3. The number of aliphatic imine (C=N–C) groups is 1. The lowest BCUT2D eigenvalue weighted by Gasteiger charge is -2.25. The highest BCUT2D eigenvalue weighted by molar-refractivity contribution is 5.80. The van der Waals surface area contributed by atoms with Crippen molar-refractivity contribution in [2.45, 2.75) is 51.9 Å². The Balaban J connectivity index is 1.56. The Morgan fingerprint density at radius 1 is 1.26 bits per heavy atom. The number of ether oxygens (including phenoxy) is 3. The third-order valence-electron chi connectivity index (χ3n) is 4.94. The molecule has 0 amide bonds. The van der Waals surface area contributed by atoms with Crippen LogP contribution in [0.5, 0.6) is 5.75 Å². The molecule has 2 heterocycles. The fourth-order valence-electron chi connectivity index (χ4n) is 3.48. The minimum Gasteiger partial charge on any atom is -0.493 e. The van der Waals surface area contributed by atoms with Crippen LogP contribution in [-0.4, -0.2) is 60.7 Å². The topological polar surface area (TPSA) is 94.8 Å². The van der Waals surface area contributed by atoms with Crippen LogP contribution in [0, 0.1) is 0 Å². The molecule has 1 aromatic heterocycles. The van der Waals surface area contributed by atoms with Gasteiger partial charge < -0.3 is 24.8 Å². The summed E-state index contributed by atoms with van der Waals surface area (Å²) in [5.41, 5.74) is 1.10. The molecule has 1 atom stereocenters. The second kappa shape index (κ2) is 12.3. The van der Waals surface area contributed by atoms with Crippen LogP contribution in [0.2, 0.25) is 0 Å². The molecule has 9 nitrogen and oxygen atoms in total. The van der Waals surface area contributed by atoms with Crippen LogP contribution in [0.25, 0.3) is 0 Å². The predicted octanol–water partition coefficient (Wildman–Crippen LogP) is 1.91. The summed E-state index contributed by atoms with van der Waals surface area (Å²) in [7, 11) is 3.36. The number of hydrogen-bond donors (Lipinski definition) is 2. The molecule has 0 saturated carbocycles. The number of rotatable bonds is 11. The van der Waals surface area contributed by atoms with Gasteiger partial charge in [-0.3, -0.25) is 0 Å². The Morgan fingerprint density at radius 3 is 2.97 bits per heavy atom. The molecule has 3 rings (SSSR count). The van der Waals surface area contributed by atoms with Crippen LogP contribution in [0.4, 0.5) is 0 Å². The number of methoxy groups -OCH3 is 2. The van der Waals surface area contributed by atoms with E-state index in [-0.39, 0.29) is 6.04 Å². The van der Waals surface area contributed by atoms with Crippen LogP contribution in [-0.2, 0) is 35.6 Å². The van der Waals surface area contributed by atoms with E-state index in [2.05, 4.69) is 33.7 Å². The van der Waals surface area contributed by atoms with Crippen molar-refractivity contribution in [1.82, 2.24) is 25.4 Å². The predicted molar refractivity (Wildman–Crippen MR) is 119 cm³/mol. The Kier molecular flexibility index (Phi) is 9.11. The standard InChI is InChI=1S/C22H34N6O3/c1-4-23-22(24-14-17-7-5-8-19(13-17)31-12-6-11-29-2)25-18-9-10-21-26-20(16-30-3)27-28(21)15-18/h5,7-8,13,18H,4,6,9-12,14-16H2,1-3H3,(H2,23,24,25). The maximum atomic E-state index is 5.79. The van der Waals surface area contributed by atoms with Crippen molar-refractivity contribution in [1.29, 1.82) is 0 Å². The molecule has 1 aliphatic rings. The van der Waals surface area contributed by atoms with Gasteiger partial charge in [-0.25, -0.2) is 14.7 Å². The van der Waals surface area contributed by atoms with Gasteiger partial charge in [-0.2, -0.15) is 5.10 Å². The van der Waals surface area contributed by atoms with Gasteiger partial charge in [0.05, 0.1) is 19.7 Å². The van der Waals surface area contributed by atoms with E-state index in [1.54, 1.807) is 14.2 Å². The normalized spacial score (nSPS) is 16.1. The first kappa shape index (κ1) is 23.0. The highest BCUT2D eigenvalue weighted by Crippen LogP contribution is 2.15. The lowest BCUT2D eigenvalue weighted by atomic mass is 10.1. The smallest absolute Gasteiger partial charge is 0.191 e. The van der Waals surface area contributed by atoms with Gasteiger partial charge in [0.25, 0.3) is 0 Å². The van der Waals surface area contributed by atoms with Crippen molar-refractivity contribution >= 4 is 5.96 Å². The van der Waals surface area contributed by atoms with Gasteiger partial charge in [-0.1, -0.05) is 12.1 Å². The second-order valence-electron chi connectivity index (χ2n) is 7.48. The molecular weight excluding hydrogens is 396 g/mol. The Labute approximate surface area is 184 Å². The molecule has 2 aromatic rings. The summed E-state index contributed by atoms with van der Waals surface area (Å²) in [4.78, 5) is 9.31. The Hall–Kier alpha value is -2.65. The number of fused-ring (bicyclic) bond motifs is 1. The molecule has 1 aromatic carbocycles. The number of nitrogens with one attached hydrogen (secondary N) is 2. The summed E-state index contributed by atoms with van der Waals surface area (Å²) in [6.07, 6.45) is 2.74. The Morgan fingerprint density at radius 2 is 2.16 bits per heavy atom. The maximum Gasteiger partial charge on any atom is 0.191 e. The van der Waals surface area contributed by atoms with Crippen LogP contribution in [0.3, 0.4) is 0 Å². The minimum absolute atomic E-state index is 0.248. The van der Waals surface area contributed by atoms with E-state index in [9.17, 15) is 0 Å². The molecule has 1 unspecified atom stereocenters. The van der Waals surface area contributed by atoms with Gasteiger partial charge >= 0.3 is 0 Å². The van der Waals surface area contributed by atoms with Gasteiger partial charge in [-0.05, 0) is 31.0 Å². The van der Waals surface area contributed by atoms with Gasteiger partial charge in [0, 0.05) is 46.3 Å². The van der Waals surface area contributed by atoms with Gasteiger partial charge in [0.1, 0.15) is 18.2 Å². The van der Waals surface area contributed by atoms with Gasteiger partial charge in [0.15, 0.2) is 11.8 Å². The van der Waals surface area contributed by atoms with Crippen molar-refractivity contribution in [3.05, 3.63) is 41.5 Å². The molecule has 31 heavy (non-hydrogen) atoms. The van der Waals surface area contributed by atoms with Crippen molar-refractivity contribution < 1.29 is 14.2 Å². The summed E-state index contributed by atoms with van der Waals surface area (Å²) in [5.74, 6) is 3.43. The Bertz CT molecular complexity index is 838. The number of nitrogens with zero attached hydrogens (tertiary/aromatic N) is 4. The molecule has 170 valence electrons. The van der Waals surface area contributed by atoms with Crippen molar-refractivity contribution in [3.8, 4) is 5.75 Å². The highest BCUT2D eigenvalue weighted by atomic mass is 16.5. The lowest BCUT2D eigenvalue weighted by molar-refractivity contribution is 0.172. The molecule has 0 saturated heterocycles. The summed E-state index contributed by atoms with van der Waals surface area (Å²) >= 11 is 0. The fraction of sp³-hybridized carbons (Fsp3) is 0.591. The fourth-order valence-corrected chi connectivity index (χ4v) is 3.48. The molecule has 0 radical (unpaired) electrons. The summed E-state index contributed by atoms with van der Waals surface area (Å²) < 4.78 is 18.0. The van der Waals surface area contributed by atoms with E-state index in [1.165, 1.54) is 0 Å². The number of aryl methyl sites for hydroxylation is 1. The zero-order chi connectivity index (χ0) is 21.9. The van der Waals surface area contributed by atoms with Crippen molar-refractivity contribution in [2.75, 3.05) is 34.0 Å². The average molecular weight is 431 g/mol. The van der Waals surface area contributed by atoms with Crippen molar-refractivity contribution in [3.63, 3.8) is 0 Å². The SMILES string of the molecule is CCNC(=NCc1cccc(OCCCOC)c1)NC1CCc2nc(COC)nn2C1. The van der Waals surface area contributed by atoms with Crippen LogP contribution >= 0.6 is 0 Å². The third-order valence-corrected chi connectivity index (χ3v) is 4.94. The first-order valence-corrected chi connectivity index (χ1v) is 10.9. The van der Waals surface area contributed by atoms with Crippen LogP contribution in [0.15, 0.2) is 29.3 Å². The van der Waals surface area contributed by atoms with E-state index in [1.807, 2.05) is 22.9 Å². The zero-order valence-electron chi connectivity index (χ0n) is 18.8. The van der Waals surface area contributed by atoms with Crippen molar-refractivity contribution in [2.24, 2.45) is 4.99 Å². The second-order valence-corrected chi connectivity index (χ2v) is 7.48. The largest absolute Gasteiger partial charge is 0.493 e. The third kappa shape index (κ3) is 7.22. The van der Waals surface area contributed by atoms with Crippen LogP contribution in [0.1, 0.15) is 37.0 Å². The molecule has 1 aliphatic heterocycles. The number of guanidine groups is 1. The minimum atomic E-state index is 0.248. The number of hydrogen-bond acceptors (Lipinski definition) is 6. The lowest BCUT2D eigenvalue weighted by Crippen LogP contribution is -2.47. The molecule has 0 fully saturated rings. The average Bonchev–Trinajstić information content (AvgIpc) is 3.17. The van der Waals surface area contributed by atoms with E-state index in [4.69, 9.17) is 19.2 Å². The molecule has 2 N–H and O–H groups in total. The zero-order valence-corrected chi connectivity index (χ0v) is 18.8. The molecule has 0 aliphatic carbocycles. The molecule has 0 spiro atoms.